The van der Waals surface area contributed by atoms with Gasteiger partial charge in [-0.05, 0) is 25.1 Å². The third kappa shape index (κ3) is 4.70. The molecule has 0 radical (unpaired) electrons. The minimum Gasteiger partial charge on any atom is -0.489 e. The molecule has 1 heterocycles. The Labute approximate surface area is 147 Å². The molecule has 0 aliphatic rings. The number of ether oxygens (including phenoxy) is 1. The summed E-state index contributed by atoms with van der Waals surface area (Å²) in [4.78, 5) is 16.6. The highest BCUT2D eigenvalue weighted by atomic mass is 16.5. The molecule has 1 N–H and O–H groups in total. The number of hydrogen-bond donors (Lipinski definition) is 1. The lowest BCUT2D eigenvalue weighted by Crippen LogP contribution is -2.36. The third-order valence-corrected chi connectivity index (χ3v) is 3.82. The van der Waals surface area contributed by atoms with Crippen LogP contribution in [0.2, 0.25) is 0 Å². The van der Waals surface area contributed by atoms with Gasteiger partial charge >= 0.3 is 0 Å². The van der Waals surface area contributed by atoms with Crippen molar-refractivity contribution < 1.29 is 9.53 Å². The first-order chi connectivity index (χ1) is 12.2. The zero-order chi connectivity index (χ0) is 17.5. The van der Waals surface area contributed by atoms with Gasteiger partial charge in [-0.3, -0.25) is 4.79 Å². The SMILES string of the molecule is C[C@H](Cn1ccnc1)NC(=O)c1ccccc1COc1ccccc1. The Morgan fingerprint density at radius 3 is 2.68 bits per heavy atom. The largest absolute Gasteiger partial charge is 0.489 e. The predicted octanol–water partition coefficient (Wildman–Crippen LogP) is 3.28. The van der Waals surface area contributed by atoms with Crippen LogP contribution >= 0.6 is 0 Å². The van der Waals surface area contributed by atoms with Gasteiger partial charge in [-0.1, -0.05) is 36.4 Å². The molecule has 0 bridgehead atoms. The van der Waals surface area contributed by atoms with E-state index in [-0.39, 0.29) is 11.9 Å². The summed E-state index contributed by atoms with van der Waals surface area (Å²) in [5, 5.41) is 3.03. The summed E-state index contributed by atoms with van der Waals surface area (Å²) >= 11 is 0. The van der Waals surface area contributed by atoms with Gasteiger partial charge in [-0.15, -0.1) is 0 Å². The zero-order valence-corrected chi connectivity index (χ0v) is 14.1. The number of carbonyl (C=O) groups excluding carboxylic acids is 1. The quantitative estimate of drug-likeness (QED) is 0.721. The average Bonchev–Trinajstić information content (AvgIpc) is 3.14. The molecule has 0 spiro atoms. The number of amides is 1. The van der Waals surface area contributed by atoms with E-state index in [1.807, 2.05) is 72.3 Å². The number of aromatic nitrogens is 2. The Kier molecular flexibility index (Phi) is 5.46. The normalized spacial score (nSPS) is 11.7. The lowest BCUT2D eigenvalue weighted by molar-refractivity contribution is 0.0934. The number of nitrogens with one attached hydrogen (secondary N) is 1. The van der Waals surface area contributed by atoms with Crippen LogP contribution < -0.4 is 10.1 Å². The molecule has 25 heavy (non-hydrogen) atoms. The summed E-state index contributed by atoms with van der Waals surface area (Å²) < 4.78 is 7.72. The minimum atomic E-state index is -0.0973. The van der Waals surface area contributed by atoms with E-state index in [9.17, 15) is 4.79 Å². The van der Waals surface area contributed by atoms with Crippen molar-refractivity contribution in [3.63, 3.8) is 0 Å². The second kappa shape index (κ2) is 8.15. The Balaban J connectivity index is 1.64. The fourth-order valence-corrected chi connectivity index (χ4v) is 2.60. The second-order valence-corrected chi connectivity index (χ2v) is 5.89. The van der Waals surface area contributed by atoms with E-state index in [0.717, 1.165) is 11.3 Å². The molecule has 0 saturated carbocycles. The van der Waals surface area contributed by atoms with Crippen LogP contribution in [0.1, 0.15) is 22.8 Å². The second-order valence-electron chi connectivity index (χ2n) is 5.89. The summed E-state index contributed by atoms with van der Waals surface area (Å²) in [5.41, 5.74) is 1.49. The molecule has 3 aromatic rings. The molecule has 128 valence electrons. The molecule has 1 amide bonds. The smallest absolute Gasteiger partial charge is 0.251 e. The maximum atomic E-state index is 12.6. The molecule has 1 aromatic heterocycles. The first-order valence-corrected chi connectivity index (χ1v) is 8.25. The van der Waals surface area contributed by atoms with E-state index in [4.69, 9.17) is 4.74 Å². The molecule has 0 unspecified atom stereocenters. The summed E-state index contributed by atoms with van der Waals surface area (Å²) in [6.07, 6.45) is 5.35. The molecule has 2 aromatic carbocycles. The maximum absolute atomic E-state index is 12.6. The van der Waals surface area contributed by atoms with Crippen molar-refractivity contribution in [3.8, 4) is 5.75 Å². The Morgan fingerprint density at radius 2 is 1.92 bits per heavy atom. The van der Waals surface area contributed by atoms with Crippen molar-refractivity contribution in [1.29, 1.82) is 0 Å². The third-order valence-electron chi connectivity index (χ3n) is 3.82. The van der Waals surface area contributed by atoms with Crippen molar-refractivity contribution in [2.45, 2.75) is 26.1 Å². The number of benzene rings is 2. The highest BCUT2D eigenvalue weighted by Crippen LogP contribution is 2.15. The van der Waals surface area contributed by atoms with Crippen LogP contribution in [-0.2, 0) is 13.2 Å². The van der Waals surface area contributed by atoms with Crippen molar-refractivity contribution in [2.24, 2.45) is 0 Å². The fraction of sp³-hybridized carbons (Fsp3) is 0.200. The van der Waals surface area contributed by atoms with Gasteiger partial charge in [0.25, 0.3) is 5.91 Å². The molecular weight excluding hydrogens is 314 g/mol. The molecule has 3 rings (SSSR count). The molecule has 5 heteroatoms. The van der Waals surface area contributed by atoms with E-state index in [1.165, 1.54) is 0 Å². The molecular formula is C20H21N3O2. The van der Waals surface area contributed by atoms with Crippen LogP contribution in [0.4, 0.5) is 0 Å². The molecule has 1 atom stereocenters. The monoisotopic (exact) mass is 335 g/mol. The van der Waals surface area contributed by atoms with Crippen LogP contribution in [0.3, 0.4) is 0 Å². The molecule has 0 aliphatic heterocycles. The van der Waals surface area contributed by atoms with Crippen molar-refractivity contribution in [3.05, 3.63) is 84.4 Å². The van der Waals surface area contributed by atoms with Crippen LogP contribution in [0.5, 0.6) is 5.75 Å². The number of nitrogens with zero attached hydrogens (tertiary/aromatic N) is 2. The number of rotatable bonds is 7. The fourth-order valence-electron chi connectivity index (χ4n) is 2.60. The molecule has 0 aliphatic carbocycles. The van der Waals surface area contributed by atoms with Gasteiger partial charge in [0.2, 0.25) is 0 Å². The van der Waals surface area contributed by atoms with Crippen LogP contribution in [-0.4, -0.2) is 21.5 Å². The number of carbonyl (C=O) groups is 1. The van der Waals surface area contributed by atoms with Gasteiger partial charge in [0.05, 0.1) is 6.33 Å². The zero-order valence-electron chi connectivity index (χ0n) is 14.1. The number of para-hydroxylation sites is 1. The van der Waals surface area contributed by atoms with E-state index < -0.39 is 0 Å². The van der Waals surface area contributed by atoms with Crippen LogP contribution in [0.15, 0.2) is 73.3 Å². The first kappa shape index (κ1) is 16.8. The van der Waals surface area contributed by atoms with Gasteiger partial charge in [0.15, 0.2) is 0 Å². The lowest BCUT2D eigenvalue weighted by atomic mass is 10.1. The molecule has 5 nitrogen and oxygen atoms in total. The average molecular weight is 335 g/mol. The summed E-state index contributed by atoms with van der Waals surface area (Å²) in [6, 6.07) is 17.1. The Hall–Kier alpha value is -3.08. The standard InChI is InChI=1S/C20H21N3O2/c1-16(13-23-12-11-21-15-23)22-20(24)19-10-6-5-7-17(19)14-25-18-8-3-2-4-9-18/h2-12,15-16H,13-14H2,1H3,(H,22,24)/t16-/m1/s1. The van der Waals surface area contributed by atoms with Crippen molar-refractivity contribution >= 4 is 5.91 Å². The van der Waals surface area contributed by atoms with E-state index in [2.05, 4.69) is 10.3 Å². The highest BCUT2D eigenvalue weighted by molar-refractivity contribution is 5.95. The topological polar surface area (TPSA) is 56.2 Å². The summed E-state index contributed by atoms with van der Waals surface area (Å²) in [5.74, 6) is 0.686. The number of imidazole rings is 1. The number of hydrogen-bond acceptors (Lipinski definition) is 3. The van der Waals surface area contributed by atoms with Gasteiger partial charge in [0.1, 0.15) is 12.4 Å². The van der Waals surface area contributed by atoms with Crippen molar-refractivity contribution in [2.75, 3.05) is 0 Å². The first-order valence-electron chi connectivity index (χ1n) is 8.25. The van der Waals surface area contributed by atoms with Gasteiger partial charge < -0.3 is 14.6 Å². The van der Waals surface area contributed by atoms with Gasteiger partial charge in [0, 0.05) is 36.1 Å². The predicted molar refractivity (Wildman–Crippen MR) is 96.4 cm³/mol. The van der Waals surface area contributed by atoms with Crippen LogP contribution in [0, 0.1) is 0 Å². The highest BCUT2D eigenvalue weighted by Gasteiger charge is 2.14. The maximum Gasteiger partial charge on any atom is 0.251 e. The Bertz CT molecular complexity index is 801. The summed E-state index contributed by atoms with van der Waals surface area (Å²) in [6.45, 7) is 3.00. The van der Waals surface area contributed by atoms with Gasteiger partial charge in [-0.2, -0.15) is 0 Å². The van der Waals surface area contributed by atoms with E-state index in [1.54, 1.807) is 12.5 Å². The van der Waals surface area contributed by atoms with Crippen molar-refractivity contribution in [1.82, 2.24) is 14.9 Å². The van der Waals surface area contributed by atoms with E-state index >= 15 is 0 Å². The lowest BCUT2D eigenvalue weighted by Gasteiger charge is -2.16. The van der Waals surface area contributed by atoms with Gasteiger partial charge in [-0.25, -0.2) is 4.98 Å². The molecule has 0 fully saturated rings. The Morgan fingerprint density at radius 1 is 1.16 bits per heavy atom. The summed E-state index contributed by atoms with van der Waals surface area (Å²) in [7, 11) is 0. The molecule has 0 saturated heterocycles. The minimum absolute atomic E-state index is 0.00945. The van der Waals surface area contributed by atoms with Crippen LogP contribution in [0.25, 0.3) is 0 Å². The van der Waals surface area contributed by atoms with E-state index in [0.29, 0.717) is 18.7 Å².